The quantitative estimate of drug-likeness (QED) is 0.406. The van der Waals surface area contributed by atoms with Gasteiger partial charge in [-0.3, -0.25) is 9.59 Å². The molecular formula is C24H26Cl2O6. The maximum absolute atomic E-state index is 11.8. The third-order valence-corrected chi connectivity index (χ3v) is 4.16. The van der Waals surface area contributed by atoms with Crippen LogP contribution in [-0.4, -0.2) is 28.2 Å². The fourth-order valence-electron chi connectivity index (χ4n) is 2.18. The lowest BCUT2D eigenvalue weighted by Crippen LogP contribution is -2.24. The maximum Gasteiger partial charge on any atom is 0.373 e. The summed E-state index contributed by atoms with van der Waals surface area (Å²) in [5, 5.41) is -1.10. The molecule has 0 atom stereocenters. The minimum Gasteiger partial charge on any atom is -0.456 e. The normalized spacial score (nSPS) is 10.4. The van der Waals surface area contributed by atoms with Gasteiger partial charge in [-0.25, -0.2) is 4.79 Å². The van der Waals surface area contributed by atoms with Crippen LogP contribution in [0.15, 0.2) is 48.5 Å². The molecule has 0 radical (unpaired) electrons. The first-order valence-electron chi connectivity index (χ1n) is 9.45. The van der Waals surface area contributed by atoms with Gasteiger partial charge in [0.15, 0.2) is 0 Å². The Morgan fingerprint density at radius 2 is 1.00 bits per heavy atom. The highest BCUT2D eigenvalue weighted by atomic mass is 35.5. The van der Waals surface area contributed by atoms with Crippen molar-refractivity contribution >= 4 is 45.8 Å². The number of ether oxygens (including phenoxy) is 1. The molecule has 0 amide bonds. The number of benzene rings is 2. The molecule has 0 spiro atoms. The van der Waals surface area contributed by atoms with Crippen LogP contribution in [0.3, 0.4) is 0 Å². The smallest absolute Gasteiger partial charge is 0.373 e. The Kier molecular flexibility index (Phi) is 11.8. The SMILES string of the molecule is CC(C)(C)OC(=O)c1ccc(C(C)(C)C)cc1.O=C(Cl)c1ccc(C(=O)Cl)cc1.O=C=O. The monoisotopic (exact) mass is 480 g/mol. The first kappa shape index (κ1) is 29.2. The van der Waals surface area contributed by atoms with E-state index in [-0.39, 0.29) is 17.5 Å². The number of carbonyl (C=O) groups excluding carboxylic acids is 5. The van der Waals surface area contributed by atoms with Gasteiger partial charge < -0.3 is 4.74 Å². The van der Waals surface area contributed by atoms with Crippen LogP contribution in [0, 0.1) is 0 Å². The van der Waals surface area contributed by atoms with Crippen LogP contribution in [0.5, 0.6) is 0 Å². The standard InChI is InChI=1S/C15H22O2.C8H4Cl2O2.CO2/c1-14(2,3)12-9-7-11(8-10-12)13(16)17-15(4,5)6;9-7(11)5-1-2-6(4-3-5)8(10)12;2-1-3/h7-10H,1-6H3;1-4H;. The lowest BCUT2D eigenvalue weighted by molar-refractivity contribution is -0.191. The molecule has 2 aromatic carbocycles. The van der Waals surface area contributed by atoms with Gasteiger partial charge in [0.2, 0.25) is 0 Å². The lowest BCUT2D eigenvalue weighted by Gasteiger charge is -2.21. The van der Waals surface area contributed by atoms with E-state index >= 15 is 0 Å². The second kappa shape index (κ2) is 12.9. The Labute approximate surface area is 197 Å². The van der Waals surface area contributed by atoms with Crippen molar-refractivity contribution in [3.8, 4) is 0 Å². The van der Waals surface area contributed by atoms with E-state index in [1.165, 1.54) is 29.8 Å². The minimum atomic E-state index is -0.552. The molecule has 0 aliphatic carbocycles. The highest BCUT2D eigenvalue weighted by molar-refractivity contribution is 6.68. The zero-order chi connectivity index (χ0) is 25.1. The topological polar surface area (TPSA) is 94.6 Å². The van der Waals surface area contributed by atoms with Gasteiger partial charge in [-0.15, -0.1) is 0 Å². The predicted molar refractivity (Wildman–Crippen MR) is 122 cm³/mol. The van der Waals surface area contributed by atoms with Gasteiger partial charge in [0.25, 0.3) is 10.5 Å². The number of hydrogen-bond acceptors (Lipinski definition) is 6. The van der Waals surface area contributed by atoms with Crippen LogP contribution in [0.1, 0.15) is 78.2 Å². The van der Waals surface area contributed by atoms with Crippen molar-refractivity contribution in [3.05, 3.63) is 70.8 Å². The maximum atomic E-state index is 11.8. The summed E-state index contributed by atoms with van der Waals surface area (Å²) in [5.74, 6) is -0.266. The van der Waals surface area contributed by atoms with E-state index in [0.717, 1.165) is 0 Å². The number of esters is 1. The summed E-state index contributed by atoms with van der Waals surface area (Å²) in [6.07, 6.45) is 0.250. The Balaban J connectivity index is 0.000000559. The number of halogens is 2. The molecule has 172 valence electrons. The van der Waals surface area contributed by atoms with Gasteiger partial charge >= 0.3 is 12.1 Å². The summed E-state index contributed by atoms with van der Waals surface area (Å²) in [6, 6.07) is 13.4. The predicted octanol–water partition coefficient (Wildman–Crippen LogP) is 5.80. The third-order valence-electron chi connectivity index (χ3n) is 3.72. The van der Waals surface area contributed by atoms with Crippen molar-refractivity contribution in [1.82, 2.24) is 0 Å². The summed E-state index contributed by atoms with van der Waals surface area (Å²) in [6.45, 7) is 12.1. The number of carbonyl (C=O) groups is 3. The number of hydrogen-bond donors (Lipinski definition) is 0. The van der Waals surface area contributed by atoms with E-state index < -0.39 is 16.1 Å². The average Bonchev–Trinajstić information content (AvgIpc) is 2.67. The highest BCUT2D eigenvalue weighted by Gasteiger charge is 2.19. The molecule has 0 saturated heterocycles. The van der Waals surface area contributed by atoms with Crippen LogP contribution < -0.4 is 0 Å². The molecule has 32 heavy (non-hydrogen) atoms. The first-order chi connectivity index (χ1) is 14.6. The molecule has 0 heterocycles. The zero-order valence-electron chi connectivity index (χ0n) is 18.8. The molecule has 2 aromatic rings. The second-order valence-corrected chi connectivity index (χ2v) is 9.22. The van der Waals surface area contributed by atoms with Crippen molar-refractivity contribution in [2.45, 2.75) is 52.6 Å². The lowest BCUT2D eigenvalue weighted by atomic mass is 9.87. The molecule has 6 nitrogen and oxygen atoms in total. The van der Waals surface area contributed by atoms with Gasteiger partial charge in [0, 0.05) is 11.1 Å². The molecule has 0 aliphatic rings. The van der Waals surface area contributed by atoms with Crippen LogP contribution in [-0.2, 0) is 19.7 Å². The Morgan fingerprint density at radius 3 is 1.25 bits per heavy atom. The summed E-state index contributed by atoms with van der Waals surface area (Å²) >= 11 is 10.4. The molecule has 0 unspecified atom stereocenters. The first-order valence-corrected chi connectivity index (χ1v) is 10.2. The molecule has 0 aliphatic heterocycles. The van der Waals surface area contributed by atoms with Crippen molar-refractivity contribution in [2.24, 2.45) is 0 Å². The summed E-state index contributed by atoms with van der Waals surface area (Å²) in [5.41, 5.74) is 2.17. The van der Waals surface area contributed by atoms with Crippen molar-refractivity contribution in [1.29, 1.82) is 0 Å². The molecule has 0 N–H and O–H groups in total. The van der Waals surface area contributed by atoms with Crippen molar-refractivity contribution in [3.63, 3.8) is 0 Å². The highest BCUT2D eigenvalue weighted by Crippen LogP contribution is 2.22. The molecule has 0 bridgehead atoms. The Hall–Kier alpha value is -2.79. The van der Waals surface area contributed by atoms with E-state index in [1.807, 2.05) is 45.0 Å². The molecule has 0 aromatic heterocycles. The number of rotatable bonds is 3. The Bertz CT molecular complexity index is 911. The third kappa shape index (κ3) is 11.6. The van der Waals surface area contributed by atoms with Crippen LogP contribution in [0.25, 0.3) is 0 Å². The fraction of sp³-hybridized carbons (Fsp3) is 0.333. The Morgan fingerprint density at radius 1 is 0.688 bits per heavy atom. The van der Waals surface area contributed by atoms with E-state index in [2.05, 4.69) is 20.8 Å². The molecule has 0 fully saturated rings. The van der Waals surface area contributed by atoms with Crippen molar-refractivity contribution in [2.75, 3.05) is 0 Å². The zero-order valence-corrected chi connectivity index (χ0v) is 20.3. The van der Waals surface area contributed by atoms with Gasteiger partial charge in [0.1, 0.15) is 5.60 Å². The van der Waals surface area contributed by atoms with Crippen molar-refractivity contribution < 1.29 is 28.7 Å². The van der Waals surface area contributed by atoms with Gasteiger partial charge in [0.05, 0.1) is 5.56 Å². The van der Waals surface area contributed by atoms with Crippen LogP contribution in [0.4, 0.5) is 0 Å². The molecule has 8 heteroatoms. The van der Waals surface area contributed by atoms with Gasteiger partial charge in [-0.1, -0.05) is 32.9 Å². The molecule has 0 saturated carbocycles. The second-order valence-electron chi connectivity index (χ2n) is 8.54. The van der Waals surface area contributed by atoms with E-state index in [4.69, 9.17) is 37.5 Å². The molecule has 2 rings (SSSR count). The van der Waals surface area contributed by atoms with E-state index in [9.17, 15) is 14.4 Å². The van der Waals surface area contributed by atoms with Crippen LogP contribution >= 0.6 is 23.2 Å². The van der Waals surface area contributed by atoms with Gasteiger partial charge in [-0.2, -0.15) is 9.59 Å². The van der Waals surface area contributed by atoms with Gasteiger partial charge in [-0.05, 0) is 91.3 Å². The molecular weight excluding hydrogens is 455 g/mol. The van der Waals surface area contributed by atoms with Crippen LogP contribution in [0.2, 0.25) is 0 Å². The van der Waals surface area contributed by atoms with E-state index in [0.29, 0.717) is 16.7 Å². The fourth-order valence-corrected chi connectivity index (χ4v) is 2.43. The summed E-state index contributed by atoms with van der Waals surface area (Å²) in [7, 11) is 0. The largest absolute Gasteiger partial charge is 0.456 e. The van der Waals surface area contributed by atoms with E-state index in [1.54, 1.807) is 0 Å². The summed E-state index contributed by atoms with van der Waals surface area (Å²) < 4.78 is 5.31. The minimum absolute atomic E-state index is 0.104. The summed E-state index contributed by atoms with van der Waals surface area (Å²) in [4.78, 5) is 49.2. The average molecular weight is 481 g/mol.